The molecule has 1 aliphatic carbocycles. The summed E-state index contributed by atoms with van der Waals surface area (Å²) in [4.78, 5) is 10.1. The molecule has 0 aromatic heterocycles. The number of nitro groups is 1. The molecule has 6 heteroatoms. The van der Waals surface area contributed by atoms with Gasteiger partial charge in [0.15, 0.2) is 0 Å². The van der Waals surface area contributed by atoms with E-state index in [-0.39, 0.29) is 17.4 Å². The van der Waals surface area contributed by atoms with Gasteiger partial charge in [0.1, 0.15) is 5.69 Å². The number of benzene rings is 1. The topological polar surface area (TPSA) is 107 Å². The smallest absolute Gasteiger partial charge is 0.292 e. The van der Waals surface area contributed by atoms with E-state index >= 15 is 0 Å². The van der Waals surface area contributed by atoms with Crippen LogP contribution in [-0.4, -0.2) is 17.0 Å². The van der Waals surface area contributed by atoms with Crippen LogP contribution in [0.1, 0.15) is 12.8 Å². The second kappa shape index (κ2) is 3.97. The average molecular weight is 222 g/mol. The van der Waals surface area contributed by atoms with Gasteiger partial charge in [-0.1, -0.05) is 0 Å². The van der Waals surface area contributed by atoms with Gasteiger partial charge in [-0.05, 0) is 25.0 Å². The first-order chi connectivity index (χ1) is 7.56. The van der Waals surface area contributed by atoms with Crippen LogP contribution in [0.15, 0.2) is 18.2 Å². The van der Waals surface area contributed by atoms with Crippen molar-refractivity contribution in [3.8, 4) is 0 Å². The van der Waals surface area contributed by atoms with E-state index < -0.39 is 4.92 Å². The Morgan fingerprint density at radius 2 is 2.12 bits per heavy atom. The molecule has 0 saturated heterocycles. The molecule has 2 rings (SSSR count). The summed E-state index contributed by atoms with van der Waals surface area (Å²) in [6, 6.07) is 5.29. The van der Waals surface area contributed by atoms with Crippen LogP contribution in [-0.2, 0) is 0 Å². The van der Waals surface area contributed by atoms with Crippen LogP contribution >= 0.6 is 0 Å². The first kappa shape index (κ1) is 10.7. The van der Waals surface area contributed by atoms with Gasteiger partial charge in [-0.2, -0.15) is 0 Å². The number of nitrogens with two attached hydrogens (primary N) is 2. The number of anilines is 2. The molecule has 0 bridgehead atoms. The molecule has 1 aromatic rings. The Labute approximate surface area is 92.8 Å². The fourth-order valence-electron chi connectivity index (χ4n) is 1.83. The molecule has 5 N–H and O–H groups in total. The predicted octanol–water partition coefficient (Wildman–Crippen LogP) is 1.08. The van der Waals surface area contributed by atoms with Gasteiger partial charge in [-0.3, -0.25) is 10.1 Å². The van der Waals surface area contributed by atoms with Crippen molar-refractivity contribution >= 4 is 17.1 Å². The van der Waals surface area contributed by atoms with E-state index in [1.165, 1.54) is 6.07 Å². The summed E-state index contributed by atoms with van der Waals surface area (Å²) in [5.74, 6) is 0. The first-order valence-corrected chi connectivity index (χ1v) is 5.12. The quantitative estimate of drug-likeness (QED) is 0.403. The Bertz CT molecular complexity index is 415. The van der Waals surface area contributed by atoms with E-state index in [1.807, 2.05) is 0 Å². The zero-order valence-corrected chi connectivity index (χ0v) is 8.72. The van der Waals surface area contributed by atoms with Crippen molar-refractivity contribution in [2.45, 2.75) is 24.9 Å². The van der Waals surface area contributed by atoms with Crippen molar-refractivity contribution in [3.05, 3.63) is 28.3 Å². The maximum atomic E-state index is 10.6. The molecule has 0 atom stereocenters. The van der Waals surface area contributed by atoms with Gasteiger partial charge in [0.2, 0.25) is 0 Å². The monoisotopic (exact) mass is 222 g/mol. The minimum atomic E-state index is -0.488. The summed E-state index contributed by atoms with van der Waals surface area (Å²) in [6.45, 7) is 0. The van der Waals surface area contributed by atoms with Crippen molar-refractivity contribution in [2.75, 3.05) is 11.1 Å². The largest absolute Gasteiger partial charge is 0.393 e. The van der Waals surface area contributed by atoms with E-state index in [4.69, 9.17) is 11.5 Å². The SMILES string of the molecule is Nc1cc(NC2CC(N)C2)ccc1[N+](=O)[O-]. The molecule has 0 spiro atoms. The lowest BCUT2D eigenvalue weighted by Gasteiger charge is -2.33. The highest BCUT2D eigenvalue weighted by Crippen LogP contribution is 2.27. The fourth-order valence-corrected chi connectivity index (χ4v) is 1.83. The van der Waals surface area contributed by atoms with E-state index in [0.29, 0.717) is 6.04 Å². The highest BCUT2D eigenvalue weighted by atomic mass is 16.6. The van der Waals surface area contributed by atoms with E-state index in [9.17, 15) is 10.1 Å². The maximum absolute atomic E-state index is 10.6. The molecule has 0 amide bonds. The number of nitrogens with one attached hydrogen (secondary N) is 1. The molecular weight excluding hydrogens is 208 g/mol. The number of hydrogen-bond donors (Lipinski definition) is 3. The van der Waals surface area contributed by atoms with Crippen molar-refractivity contribution in [1.82, 2.24) is 0 Å². The molecule has 1 saturated carbocycles. The molecule has 0 aliphatic heterocycles. The Morgan fingerprint density at radius 1 is 1.44 bits per heavy atom. The molecule has 6 nitrogen and oxygen atoms in total. The normalized spacial score (nSPS) is 23.6. The van der Waals surface area contributed by atoms with Gasteiger partial charge in [0.05, 0.1) is 4.92 Å². The van der Waals surface area contributed by atoms with Crippen LogP contribution in [0.2, 0.25) is 0 Å². The Hall–Kier alpha value is -1.82. The lowest BCUT2D eigenvalue weighted by atomic mass is 9.87. The van der Waals surface area contributed by atoms with Crippen molar-refractivity contribution in [3.63, 3.8) is 0 Å². The second-order valence-corrected chi connectivity index (χ2v) is 4.10. The molecule has 86 valence electrons. The molecule has 1 aromatic carbocycles. The lowest BCUT2D eigenvalue weighted by molar-refractivity contribution is -0.383. The first-order valence-electron chi connectivity index (χ1n) is 5.12. The van der Waals surface area contributed by atoms with Gasteiger partial charge >= 0.3 is 0 Å². The summed E-state index contributed by atoms with van der Waals surface area (Å²) in [5.41, 5.74) is 12.2. The average Bonchev–Trinajstić information content (AvgIpc) is 2.15. The molecule has 0 heterocycles. The van der Waals surface area contributed by atoms with Gasteiger partial charge in [0, 0.05) is 23.8 Å². The molecule has 0 radical (unpaired) electrons. The van der Waals surface area contributed by atoms with Crippen molar-refractivity contribution < 1.29 is 4.92 Å². The Balaban J connectivity index is 2.06. The third kappa shape index (κ3) is 2.06. The van der Waals surface area contributed by atoms with Crippen LogP contribution in [0.25, 0.3) is 0 Å². The van der Waals surface area contributed by atoms with Gasteiger partial charge in [-0.15, -0.1) is 0 Å². The molecule has 1 fully saturated rings. The summed E-state index contributed by atoms with van der Waals surface area (Å²) >= 11 is 0. The van der Waals surface area contributed by atoms with Crippen molar-refractivity contribution in [2.24, 2.45) is 5.73 Å². The summed E-state index contributed by atoms with van der Waals surface area (Å²) in [7, 11) is 0. The minimum absolute atomic E-state index is 0.0594. The summed E-state index contributed by atoms with van der Waals surface area (Å²) in [5, 5.41) is 13.8. The number of hydrogen-bond acceptors (Lipinski definition) is 5. The van der Waals surface area contributed by atoms with Gasteiger partial charge in [0.25, 0.3) is 5.69 Å². The highest BCUT2D eigenvalue weighted by molar-refractivity contribution is 5.66. The van der Waals surface area contributed by atoms with Crippen LogP contribution in [0, 0.1) is 10.1 Å². The molecular formula is C10H14N4O2. The van der Waals surface area contributed by atoms with E-state index in [2.05, 4.69) is 5.32 Å². The second-order valence-electron chi connectivity index (χ2n) is 4.10. The third-order valence-corrected chi connectivity index (χ3v) is 2.77. The van der Waals surface area contributed by atoms with Crippen LogP contribution in [0.3, 0.4) is 0 Å². The fraction of sp³-hybridized carbons (Fsp3) is 0.400. The van der Waals surface area contributed by atoms with Gasteiger partial charge < -0.3 is 16.8 Å². The number of nitrogen functional groups attached to an aromatic ring is 1. The summed E-state index contributed by atoms with van der Waals surface area (Å²) < 4.78 is 0. The number of rotatable bonds is 3. The number of nitrogens with zero attached hydrogens (tertiary/aromatic N) is 1. The highest BCUT2D eigenvalue weighted by Gasteiger charge is 2.25. The van der Waals surface area contributed by atoms with Gasteiger partial charge in [-0.25, -0.2) is 0 Å². The number of nitro benzene ring substituents is 1. The van der Waals surface area contributed by atoms with Crippen LogP contribution in [0.4, 0.5) is 17.1 Å². The van der Waals surface area contributed by atoms with Crippen molar-refractivity contribution in [1.29, 1.82) is 0 Å². The maximum Gasteiger partial charge on any atom is 0.292 e. The lowest BCUT2D eigenvalue weighted by Crippen LogP contribution is -2.44. The van der Waals surface area contributed by atoms with E-state index in [0.717, 1.165) is 18.5 Å². The van der Waals surface area contributed by atoms with E-state index in [1.54, 1.807) is 12.1 Å². The molecule has 1 aliphatic rings. The van der Waals surface area contributed by atoms with Crippen LogP contribution in [0.5, 0.6) is 0 Å². The third-order valence-electron chi connectivity index (χ3n) is 2.77. The molecule has 0 unspecified atom stereocenters. The minimum Gasteiger partial charge on any atom is -0.393 e. The Kier molecular flexibility index (Phi) is 2.66. The predicted molar refractivity (Wildman–Crippen MR) is 62.1 cm³/mol. The van der Waals surface area contributed by atoms with Crippen LogP contribution < -0.4 is 16.8 Å². The standard InChI is InChI=1S/C10H14N4O2/c11-6-3-8(4-6)13-7-1-2-10(14(15)16)9(12)5-7/h1-2,5-6,8,13H,3-4,11-12H2. The zero-order chi connectivity index (χ0) is 11.7. The molecule has 16 heavy (non-hydrogen) atoms. The zero-order valence-electron chi connectivity index (χ0n) is 8.72. The summed E-state index contributed by atoms with van der Waals surface area (Å²) in [6.07, 6.45) is 1.85. The Morgan fingerprint density at radius 3 is 2.62 bits per heavy atom.